The Hall–Kier alpha value is -2.13. The average molecular weight is 432 g/mol. The number of H-pyrrole nitrogens is 1. The second-order valence-corrected chi connectivity index (χ2v) is 9.64. The van der Waals surface area contributed by atoms with Gasteiger partial charge < -0.3 is 10.3 Å². The van der Waals surface area contributed by atoms with Crippen LogP contribution in [0.3, 0.4) is 0 Å². The molecule has 3 aromatic heterocycles. The summed E-state index contributed by atoms with van der Waals surface area (Å²) in [5.74, 6) is 1.97. The van der Waals surface area contributed by atoms with Crippen LogP contribution in [0.15, 0.2) is 11.0 Å². The summed E-state index contributed by atoms with van der Waals surface area (Å²) in [4.78, 5) is 34.5. The van der Waals surface area contributed by atoms with Crippen LogP contribution >= 0.6 is 23.1 Å². The molecule has 0 bridgehead atoms. The Kier molecular flexibility index (Phi) is 5.78. The van der Waals surface area contributed by atoms with Gasteiger partial charge in [-0.2, -0.15) is 16.9 Å². The lowest BCUT2D eigenvalue weighted by Gasteiger charge is -2.13. The van der Waals surface area contributed by atoms with Gasteiger partial charge in [-0.05, 0) is 38.7 Å². The molecule has 0 saturated heterocycles. The van der Waals surface area contributed by atoms with Crippen molar-refractivity contribution >= 4 is 39.2 Å². The van der Waals surface area contributed by atoms with E-state index in [9.17, 15) is 9.59 Å². The Balaban J connectivity index is 1.29. The summed E-state index contributed by atoms with van der Waals surface area (Å²) in [7, 11) is 1.89. The molecule has 1 aliphatic carbocycles. The molecule has 1 amide bonds. The lowest BCUT2D eigenvalue weighted by Crippen LogP contribution is -2.27. The predicted octanol–water partition coefficient (Wildman–Crippen LogP) is 3.02. The standard InChI is InChI=1S/C20H25N5O2S2/c1-11(14-9-21-25(3)12(14)2)22-17(26)7-8-28-10-16-23-19(27)18-13-5-4-6-15(13)29-20(18)24-16/h9,11H,4-8,10H2,1-3H3,(H,22,26)(H,23,24,27)/t11-/m0/s1. The van der Waals surface area contributed by atoms with Gasteiger partial charge in [-0.1, -0.05) is 0 Å². The lowest BCUT2D eigenvalue weighted by molar-refractivity contribution is -0.121. The molecule has 0 fully saturated rings. The van der Waals surface area contributed by atoms with Gasteiger partial charge in [0.25, 0.3) is 5.56 Å². The van der Waals surface area contributed by atoms with E-state index in [4.69, 9.17) is 0 Å². The third kappa shape index (κ3) is 4.11. The van der Waals surface area contributed by atoms with E-state index in [1.807, 2.05) is 20.9 Å². The van der Waals surface area contributed by atoms with Crippen molar-refractivity contribution in [3.05, 3.63) is 44.1 Å². The van der Waals surface area contributed by atoms with E-state index < -0.39 is 0 Å². The summed E-state index contributed by atoms with van der Waals surface area (Å²) < 4.78 is 1.81. The minimum absolute atomic E-state index is 0.0137. The second kappa shape index (κ2) is 8.31. The Morgan fingerprint density at radius 1 is 1.45 bits per heavy atom. The summed E-state index contributed by atoms with van der Waals surface area (Å²) in [5.41, 5.74) is 3.26. The van der Waals surface area contributed by atoms with Gasteiger partial charge in [0, 0.05) is 35.4 Å². The number of fused-ring (bicyclic) bond motifs is 3. The monoisotopic (exact) mass is 431 g/mol. The van der Waals surface area contributed by atoms with Crippen LogP contribution in [0.1, 0.15) is 53.3 Å². The van der Waals surface area contributed by atoms with E-state index in [0.29, 0.717) is 23.8 Å². The molecule has 9 heteroatoms. The highest BCUT2D eigenvalue weighted by atomic mass is 32.2. The average Bonchev–Trinajstić information content (AvgIpc) is 3.34. The number of hydrogen-bond acceptors (Lipinski definition) is 6. The molecule has 0 saturated carbocycles. The molecule has 4 rings (SSSR count). The topological polar surface area (TPSA) is 92.7 Å². The zero-order valence-corrected chi connectivity index (χ0v) is 18.5. The van der Waals surface area contributed by atoms with Crippen LogP contribution in [0, 0.1) is 6.92 Å². The van der Waals surface area contributed by atoms with Crippen molar-refractivity contribution in [2.24, 2.45) is 7.05 Å². The van der Waals surface area contributed by atoms with Crippen LogP contribution in [-0.2, 0) is 30.4 Å². The first kappa shape index (κ1) is 20.2. The van der Waals surface area contributed by atoms with Gasteiger partial charge in [0.1, 0.15) is 10.7 Å². The first-order valence-electron chi connectivity index (χ1n) is 9.83. The van der Waals surface area contributed by atoms with E-state index in [-0.39, 0.29) is 17.5 Å². The van der Waals surface area contributed by atoms with Gasteiger partial charge in [0.15, 0.2) is 0 Å². The lowest BCUT2D eigenvalue weighted by atomic mass is 10.1. The largest absolute Gasteiger partial charge is 0.349 e. The van der Waals surface area contributed by atoms with Gasteiger partial charge in [-0.3, -0.25) is 14.3 Å². The number of aromatic amines is 1. The minimum atomic E-state index is -0.0672. The Morgan fingerprint density at radius 2 is 2.28 bits per heavy atom. The van der Waals surface area contributed by atoms with Crippen molar-refractivity contribution in [1.82, 2.24) is 25.1 Å². The number of rotatable bonds is 7. The molecule has 29 heavy (non-hydrogen) atoms. The fourth-order valence-electron chi connectivity index (χ4n) is 3.78. The summed E-state index contributed by atoms with van der Waals surface area (Å²) in [6, 6.07) is -0.0672. The summed E-state index contributed by atoms with van der Waals surface area (Å²) in [5, 5.41) is 8.04. The van der Waals surface area contributed by atoms with Crippen LogP contribution in [0.2, 0.25) is 0 Å². The number of thioether (sulfide) groups is 1. The molecule has 3 heterocycles. The molecule has 0 radical (unpaired) electrons. The molecular formula is C20H25N5O2S2. The van der Waals surface area contributed by atoms with E-state index in [1.165, 1.54) is 10.4 Å². The fraction of sp³-hybridized carbons (Fsp3) is 0.500. The zero-order valence-electron chi connectivity index (χ0n) is 16.9. The third-order valence-corrected chi connectivity index (χ3v) is 7.61. The number of aryl methyl sites for hydroxylation is 3. The quantitative estimate of drug-likeness (QED) is 0.561. The molecular weight excluding hydrogens is 406 g/mol. The first-order valence-corrected chi connectivity index (χ1v) is 11.8. The summed E-state index contributed by atoms with van der Waals surface area (Å²) in [6.45, 7) is 3.96. The van der Waals surface area contributed by atoms with E-state index in [0.717, 1.165) is 40.7 Å². The number of thiophene rings is 1. The van der Waals surface area contributed by atoms with Gasteiger partial charge >= 0.3 is 0 Å². The Morgan fingerprint density at radius 3 is 3.03 bits per heavy atom. The van der Waals surface area contributed by atoms with Crippen LogP contribution in [0.5, 0.6) is 0 Å². The molecule has 0 aliphatic heterocycles. The van der Waals surface area contributed by atoms with Crippen molar-refractivity contribution in [3.63, 3.8) is 0 Å². The van der Waals surface area contributed by atoms with Crippen LogP contribution in [0.25, 0.3) is 10.2 Å². The zero-order chi connectivity index (χ0) is 20.5. The SMILES string of the molecule is Cc1c([C@H](C)NC(=O)CCSCc2nc3sc4c(c3c(=O)[nH]2)CCC4)cnn1C. The number of hydrogen-bond donors (Lipinski definition) is 2. The van der Waals surface area contributed by atoms with Crippen LogP contribution in [0.4, 0.5) is 0 Å². The Bertz CT molecular complexity index is 1110. The number of carbonyl (C=O) groups excluding carboxylic acids is 1. The van der Waals surface area contributed by atoms with Gasteiger partial charge in [0.05, 0.1) is 23.4 Å². The van der Waals surface area contributed by atoms with E-state index in [2.05, 4.69) is 20.4 Å². The molecule has 154 valence electrons. The summed E-state index contributed by atoms with van der Waals surface area (Å²) >= 11 is 3.26. The number of nitrogens with zero attached hydrogens (tertiary/aromatic N) is 3. The maximum Gasteiger partial charge on any atom is 0.259 e. The van der Waals surface area contributed by atoms with E-state index in [1.54, 1.807) is 34.0 Å². The maximum atomic E-state index is 12.5. The van der Waals surface area contributed by atoms with Crippen LogP contribution in [-0.4, -0.2) is 31.4 Å². The highest BCUT2D eigenvalue weighted by Gasteiger charge is 2.21. The van der Waals surface area contributed by atoms with Crippen molar-refractivity contribution in [1.29, 1.82) is 0 Å². The van der Waals surface area contributed by atoms with Crippen molar-refractivity contribution < 1.29 is 4.79 Å². The number of amides is 1. The third-order valence-electron chi connectivity index (χ3n) is 5.45. The number of aromatic nitrogens is 4. The minimum Gasteiger partial charge on any atom is -0.349 e. The molecule has 0 spiro atoms. The second-order valence-electron chi connectivity index (χ2n) is 7.45. The molecule has 3 aromatic rings. The summed E-state index contributed by atoms with van der Waals surface area (Å²) in [6.07, 6.45) is 5.41. The molecule has 7 nitrogen and oxygen atoms in total. The molecule has 0 unspecified atom stereocenters. The predicted molar refractivity (Wildman–Crippen MR) is 118 cm³/mol. The van der Waals surface area contributed by atoms with Crippen molar-refractivity contribution in [3.8, 4) is 0 Å². The Labute approximate surface area is 177 Å². The van der Waals surface area contributed by atoms with E-state index >= 15 is 0 Å². The molecule has 1 atom stereocenters. The highest BCUT2D eigenvalue weighted by molar-refractivity contribution is 7.98. The van der Waals surface area contributed by atoms with Crippen molar-refractivity contribution in [2.45, 2.75) is 51.3 Å². The smallest absolute Gasteiger partial charge is 0.259 e. The van der Waals surface area contributed by atoms with Crippen LogP contribution < -0.4 is 10.9 Å². The maximum absolute atomic E-state index is 12.5. The van der Waals surface area contributed by atoms with Gasteiger partial charge in [-0.25, -0.2) is 4.98 Å². The molecule has 2 N–H and O–H groups in total. The van der Waals surface area contributed by atoms with Gasteiger partial charge in [0.2, 0.25) is 5.91 Å². The fourth-order valence-corrected chi connectivity index (χ4v) is 5.87. The molecule has 0 aromatic carbocycles. The van der Waals surface area contributed by atoms with Gasteiger partial charge in [-0.15, -0.1) is 11.3 Å². The number of nitrogens with one attached hydrogen (secondary N) is 2. The number of carbonyl (C=O) groups is 1. The molecule has 1 aliphatic rings. The highest BCUT2D eigenvalue weighted by Crippen LogP contribution is 2.34. The normalized spacial score (nSPS) is 14.3. The van der Waals surface area contributed by atoms with Crippen molar-refractivity contribution in [2.75, 3.05) is 5.75 Å². The first-order chi connectivity index (χ1) is 13.9.